The Bertz CT molecular complexity index is 495. The third kappa shape index (κ3) is 1.62. The van der Waals surface area contributed by atoms with E-state index in [1.54, 1.807) is 0 Å². The van der Waals surface area contributed by atoms with Gasteiger partial charge in [-0.15, -0.1) is 0 Å². The first kappa shape index (κ1) is 9.82. The molecule has 80 valence electrons. The van der Waals surface area contributed by atoms with Gasteiger partial charge in [-0.25, -0.2) is 9.37 Å². The molecule has 2 aromatic rings. The predicted molar refractivity (Wildman–Crippen MR) is 47.4 cm³/mol. The normalized spacial score (nSPS) is 11.3. The number of aromatic amines is 1. The summed E-state index contributed by atoms with van der Waals surface area (Å²) in [5.41, 5.74) is 1.06. The molecule has 0 spiro atoms. The zero-order chi connectivity index (χ0) is 11.0. The lowest BCUT2D eigenvalue weighted by Crippen LogP contribution is -2.04. The second kappa shape index (κ2) is 3.45. The molecule has 0 fully saturated rings. The molecule has 0 saturated heterocycles. The second-order valence-electron chi connectivity index (χ2n) is 2.99. The highest BCUT2D eigenvalue weighted by Gasteiger charge is 2.15. The molecule has 1 N–H and O–H groups in total. The molecular formula is C9H7F3N2O. The summed E-state index contributed by atoms with van der Waals surface area (Å²) in [5.74, 6) is -1.28. The highest BCUT2D eigenvalue weighted by atomic mass is 19.3. The van der Waals surface area contributed by atoms with E-state index in [0.717, 1.165) is 6.07 Å². The Labute approximate surface area is 82.9 Å². The number of nitrogens with zero attached hydrogens (tertiary/aromatic N) is 1. The molecule has 0 amide bonds. The average molecular weight is 216 g/mol. The molecule has 0 atom stereocenters. The molecular weight excluding hydrogens is 209 g/mol. The van der Waals surface area contributed by atoms with Gasteiger partial charge in [0, 0.05) is 11.6 Å². The maximum Gasteiger partial charge on any atom is 0.387 e. The van der Waals surface area contributed by atoms with E-state index in [0.29, 0.717) is 11.0 Å². The zero-order valence-electron chi connectivity index (χ0n) is 7.72. The Morgan fingerprint density at radius 2 is 2.20 bits per heavy atom. The van der Waals surface area contributed by atoms with Crippen molar-refractivity contribution in [3.05, 3.63) is 23.8 Å². The minimum absolute atomic E-state index is 0.185. The molecule has 0 aliphatic carbocycles. The molecule has 2 rings (SSSR count). The number of H-pyrrole nitrogens is 1. The van der Waals surface area contributed by atoms with Gasteiger partial charge < -0.3 is 9.72 Å². The number of aryl methyl sites for hydroxylation is 1. The molecule has 0 bridgehead atoms. The van der Waals surface area contributed by atoms with E-state index in [1.807, 2.05) is 0 Å². The van der Waals surface area contributed by atoms with Crippen molar-refractivity contribution >= 4 is 11.0 Å². The van der Waals surface area contributed by atoms with E-state index < -0.39 is 18.2 Å². The summed E-state index contributed by atoms with van der Waals surface area (Å²) >= 11 is 0. The van der Waals surface area contributed by atoms with Crippen LogP contribution in [0.1, 0.15) is 5.56 Å². The van der Waals surface area contributed by atoms with Gasteiger partial charge in [0.15, 0.2) is 11.6 Å². The minimum Gasteiger partial charge on any atom is -0.432 e. The molecule has 1 aromatic carbocycles. The number of hydrogen-bond acceptors (Lipinski definition) is 2. The summed E-state index contributed by atoms with van der Waals surface area (Å²) < 4.78 is 41.4. The van der Waals surface area contributed by atoms with Crippen molar-refractivity contribution in [2.24, 2.45) is 0 Å². The summed E-state index contributed by atoms with van der Waals surface area (Å²) in [4.78, 5) is 6.56. The quantitative estimate of drug-likeness (QED) is 0.837. The molecule has 0 aliphatic heterocycles. The third-order valence-electron chi connectivity index (χ3n) is 2.06. The van der Waals surface area contributed by atoms with Gasteiger partial charge in [-0.3, -0.25) is 0 Å². The van der Waals surface area contributed by atoms with E-state index in [4.69, 9.17) is 0 Å². The number of hydrogen-bond donors (Lipinski definition) is 1. The Kier molecular flexibility index (Phi) is 2.26. The summed E-state index contributed by atoms with van der Waals surface area (Å²) in [7, 11) is 0. The molecule has 15 heavy (non-hydrogen) atoms. The van der Waals surface area contributed by atoms with Gasteiger partial charge in [0.2, 0.25) is 0 Å². The van der Waals surface area contributed by atoms with Gasteiger partial charge in [-0.05, 0) is 6.92 Å². The molecule has 3 nitrogen and oxygen atoms in total. The van der Waals surface area contributed by atoms with Crippen molar-refractivity contribution in [1.82, 2.24) is 9.97 Å². The SMILES string of the molecule is Cc1c(F)c(OC(F)F)cc2[nH]cnc12. The number of nitrogens with one attached hydrogen (secondary N) is 1. The zero-order valence-corrected chi connectivity index (χ0v) is 7.72. The van der Waals surface area contributed by atoms with Crippen molar-refractivity contribution in [3.63, 3.8) is 0 Å². The minimum atomic E-state index is -3.04. The molecule has 0 unspecified atom stereocenters. The number of alkyl halides is 2. The largest absolute Gasteiger partial charge is 0.432 e. The number of fused-ring (bicyclic) bond motifs is 1. The lowest BCUT2D eigenvalue weighted by molar-refractivity contribution is -0.0521. The summed E-state index contributed by atoms with van der Waals surface area (Å²) in [5, 5.41) is 0. The van der Waals surface area contributed by atoms with Gasteiger partial charge >= 0.3 is 6.61 Å². The van der Waals surface area contributed by atoms with Crippen LogP contribution in [-0.2, 0) is 0 Å². The van der Waals surface area contributed by atoms with E-state index >= 15 is 0 Å². The molecule has 1 heterocycles. The maximum absolute atomic E-state index is 13.5. The maximum atomic E-state index is 13.5. The van der Waals surface area contributed by atoms with Crippen LogP contribution in [0.25, 0.3) is 11.0 Å². The molecule has 0 saturated carbocycles. The number of ether oxygens (including phenoxy) is 1. The van der Waals surface area contributed by atoms with Gasteiger partial charge in [0.05, 0.1) is 17.4 Å². The van der Waals surface area contributed by atoms with Crippen molar-refractivity contribution in [3.8, 4) is 5.75 Å². The third-order valence-corrected chi connectivity index (χ3v) is 2.06. The molecule has 6 heteroatoms. The lowest BCUT2D eigenvalue weighted by Gasteiger charge is -2.07. The van der Waals surface area contributed by atoms with Crippen LogP contribution in [0.5, 0.6) is 5.75 Å². The summed E-state index contributed by atoms with van der Waals surface area (Å²) in [6, 6.07) is 1.16. The van der Waals surface area contributed by atoms with Gasteiger partial charge in [-0.1, -0.05) is 0 Å². The Balaban J connectivity index is 2.59. The van der Waals surface area contributed by atoms with Crippen LogP contribution in [0, 0.1) is 12.7 Å². The monoisotopic (exact) mass is 216 g/mol. The first-order valence-electron chi connectivity index (χ1n) is 4.16. The van der Waals surface area contributed by atoms with Gasteiger partial charge in [0.1, 0.15) is 0 Å². The van der Waals surface area contributed by atoms with Crippen molar-refractivity contribution in [1.29, 1.82) is 0 Å². The fraction of sp³-hybridized carbons (Fsp3) is 0.222. The Morgan fingerprint density at radius 3 is 2.87 bits per heavy atom. The summed E-state index contributed by atoms with van der Waals surface area (Å²) in [6.07, 6.45) is 1.36. The van der Waals surface area contributed by atoms with Crippen LogP contribution in [0.15, 0.2) is 12.4 Å². The highest BCUT2D eigenvalue weighted by Crippen LogP contribution is 2.28. The van der Waals surface area contributed by atoms with Gasteiger partial charge in [0.25, 0.3) is 0 Å². The number of benzene rings is 1. The first-order valence-corrected chi connectivity index (χ1v) is 4.16. The number of halogens is 3. The lowest BCUT2D eigenvalue weighted by atomic mass is 10.2. The average Bonchev–Trinajstić information content (AvgIpc) is 2.61. The van der Waals surface area contributed by atoms with Crippen LogP contribution in [0.4, 0.5) is 13.2 Å². The number of imidazole rings is 1. The van der Waals surface area contributed by atoms with Crippen LogP contribution >= 0.6 is 0 Å². The van der Waals surface area contributed by atoms with Crippen molar-refractivity contribution in [2.75, 3.05) is 0 Å². The standard InChI is InChI=1S/C9H7F3N2O/c1-4-7(10)6(15-9(11)12)2-5-8(4)14-3-13-5/h2-3,9H,1H3,(H,13,14). The van der Waals surface area contributed by atoms with Crippen LogP contribution in [-0.4, -0.2) is 16.6 Å². The number of aromatic nitrogens is 2. The fourth-order valence-electron chi connectivity index (χ4n) is 1.38. The fourth-order valence-corrected chi connectivity index (χ4v) is 1.38. The van der Waals surface area contributed by atoms with Crippen LogP contribution in [0.3, 0.4) is 0 Å². The predicted octanol–water partition coefficient (Wildman–Crippen LogP) is 2.61. The van der Waals surface area contributed by atoms with E-state index in [1.165, 1.54) is 13.3 Å². The second-order valence-corrected chi connectivity index (χ2v) is 2.99. The Hall–Kier alpha value is -1.72. The summed E-state index contributed by atoms with van der Waals surface area (Å²) in [6.45, 7) is -1.59. The van der Waals surface area contributed by atoms with Crippen molar-refractivity contribution < 1.29 is 17.9 Å². The van der Waals surface area contributed by atoms with E-state index in [2.05, 4.69) is 14.7 Å². The Morgan fingerprint density at radius 1 is 1.47 bits per heavy atom. The molecule has 0 radical (unpaired) electrons. The topological polar surface area (TPSA) is 37.9 Å². The van der Waals surface area contributed by atoms with Crippen molar-refractivity contribution in [2.45, 2.75) is 13.5 Å². The van der Waals surface area contributed by atoms with E-state index in [-0.39, 0.29) is 5.56 Å². The van der Waals surface area contributed by atoms with E-state index in [9.17, 15) is 13.2 Å². The van der Waals surface area contributed by atoms with Crippen LogP contribution < -0.4 is 4.74 Å². The van der Waals surface area contributed by atoms with Gasteiger partial charge in [-0.2, -0.15) is 8.78 Å². The smallest absolute Gasteiger partial charge is 0.387 e. The molecule has 0 aliphatic rings. The molecule has 1 aromatic heterocycles. The highest BCUT2D eigenvalue weighted by molar-refractivity contribution is 5.80. The first-order chi connectivity index (χ1) is 7.09. The van der Waals surface area contributed by atoms with Crippen LogP contribution in [0.2, 0.25) is 0 Å². The number of rotatable bonds is 2.